The number of rotatable bonds is 4. The molecule has 24 heavy (non-hydrogen) atoms. The molecule has 0 saturated heterocycles. The van der Waals surface area contributed by atoms with Crippen LogP contribution in [0.2, 0.25) is 0 Å². The van der Waals surface area contributed by atoms with Gasteiger partial charge < -0.3 is 9.47 Å². The summed E-state index contributed by atoms with van der Waals surface area (Å²) in [4.78, 5) is 23.5. The zero-order valence-corrected chi connectivity index (χ0v) is 15.6. The van der Waals surface area contributed by atoms with E-state index in [1.165, 1.54) is 19.8 Å². The highest BCUT2D eigenvalue weighted by atomic mass is 16.5. The summed E-state index contributed by atoms with van der Waals surface area (Å²) in [6, 6.07) is 0. The van der Waals surface area contributed by atoms with Gasteiger partial charge >= 0.3 is 11.9 Å². The van der Waals surface area contributed by atoms with E-state index < -0.39 is 0 Å². The SMILES string of the molecule is CC(=O)OC1CCC(CC(=O)OC2CC3CCC2(C)C3(C)C)CC1. The van der Waals surface area contributed by atoms with Crippen LogP contribution in [0, 0.1) is 22.7 Å². The van der Waals surface area contributed by atoms with Gasteiger partial charge in [0.15, 0.2) is 0 Å². The number of carbonyl (C=O) groups is 2. The summed E-state index contributed by atoms with van der Waals surface area (Å²) in [6.07, 6.45) is 7.77. The Kier molecular flexibility index (Phi) is 4.69. The summed E-state index contributed by atoms with van der Waals surface area (Å²) >= 11 is 0. The average molecular weight is 336 g/mol. The second-order valence-corrected chi connectivity index (χ2v) is 9.05. The van der Waals surface area contributed by atoms with Crippen molar-refractivity contribution < 1.29 is 19.1 Å². The van der Waals surface area contributed by atoms with Crippen LogP contribution in [0.15, 0.2) is 0 Å². The molecular formula is C20H32O4. The minimum absolute atomic E-state index is 0.0273. The minimum atomic E-state index is -0.204. The van der Waals surface area contributed by atoms with Gasteiger partial charge in [-0.05, 0) is 62.2 Å². The molecule has 3 unspecified atom stereocenters. The van der Waals surface area contributed by atoms with Gasteiger partial charge in [0, 0.05) is 18.8 Å². The van der Waals surface area contributed by atoms with Crippen molar-refractivity contribution in [2.24, 2.45) is 22.7 Å². The lowest BCUT2D eigenvalue weighted by Gasteiger charge is -2.38. The van der Waals surface area contributed by atoms with Crippen molar-refractivity contribution in [3.63, 3.8) is 0 Å². The molecule has 3 atom stereocenters. The first-order valence-electron chi connectivity index (χ1n) is 9.59. The Morgan fingerprint density at radius 3 is 2.17 bits per heavy atom. The second-order valence-electron chi connectivity index (χ2n) is 9.05. The smallest absolute Gasteiger partial charge is 0.306 e. The van der Waals surface area contributed by atoms with Crippen LogP contribution in [0.5, 0.6) is 0 Å². The monoisotopic (exact) mass is 336 g/mol. The Balaban J connectivity index is 1.47. The van der Waals surface area contributed by atoms with Crippen LogP contribution in [0.4, 0.5) is 0 Å². The van der Waals surface area contributed by atoms with Crippen LogP contribution in [-0.4, -0.2) is 24.1 Å². The molecule has 0 spiro atoms. The first-order valence-corrected chi connectivity index (χ1v) is 9.59. The quantitative estimate of drug-likeness (QED) is 0.720. The molecule has 0 radical (unpaired) electrons. The van der Waals surface area contributed by atoms with Crippen molar-refractivity contribution in [2.45, 2.75) is 91.3 Å². The topological polar surface area (TPSA) is 52.6 Å². The van der Waals surface area contributed by atoms with E-state index in [-0.39, 0.29) is 35.0 Å². The summed E-state index contributed by atoms with van der Waals surface area (Å²) in [5, 5.41) is 0. The Morgan fingerprint density at radius 1 is 1.00 bits per heavy atom. The fourth-order valence-corrected chi connectivity index (χ4v) is 5.44. The summed E-state index contributed by atoms with van der Waals surface area (Å²) in [6.45, 7) is 8.45. The third-order valence-corrected chi connectivity index (χ3v) is 7.57. The normalized spacial score (nSPS) is 40.3. The highest BCUT2D eigenvalue weighted by Crippen LogP contribution is 2.66. The largest absolute Gasteiger partial charge is 0.463 e. The molecule has 3 fully saturated rings. The molecule has 136 valence electrons. The van der Waals surface area contributed by atoms with Crippen LogP contribution >= 0.6 is 0 Å². The Morgan fingerprint density at radius 2 is 1.67 bits per heavy atom. The molecule has 0 aliphatic heterocycles. The van der Waals surface area contributed by atoms with E-state index >= 15 is 0 Å². The van der Waals surface area contributed by atoms with Crippen molar-refractivity contribution >= 4 is 11.9 Å². The average Bonchev–Trinajstić information content (AvgIpc) is 2.82. The molecule has 0 aromatic rings. The number of hydrogen-bond acceptors (Lipinski definition) is 4. The third-order valence-electron chi connectivity index (χ3n) is 7.57. The van der Waals surface area contributed by atoms with E-state index in [1.54, 1.807) is 0 Å². The van der Waals surface area contributed by atoms with E-state index in [4.69, 9.17) is 9.47 Å². The van der Waals surface area contributed by atoms with Gasteiger partial charge in [0.2, 0.25) is 0 Å². The fraction of sp³-hybridized carbons (Fsp3) is 0.900. The molecule has 3 rings (SSSR count). The van der Waals surface area contributed by atoms with Gasteiger partial charge in [0.25, 0.3) is 0 Å². The van der Waals surface area contributed by atoms with Crippen molar-refractivity contribution in [1.82, 2.24) is 0 Å². The maximum absolute atomic E-state index is 12.4. The van der Waals surface area contributed by atoms with E-state index in [0.717, 1.165) is 32.1 Å². The first-order chi connectivity index (χ1) is 11.2. The highest BCUT2D eigenvalue weighted by molar-refractivity contribution is 5.70. The van der Waals surface area contributed by atoms with E-state index in [1.807, 2.05) is 0 Å². The zero-order valence-electron chi connectivity index (χ0n) is 15.6. The number of esters is 2. The zero-order chi connectivity index (χ0) is 17.5. The molecule has 0 N–H and O–H groups in total. The predicted octanol–water partition coefficient (Wildman–Crippen LogP) is 4.26. The predicted molar refractivity (Wildman–Crippen MR) is 91.2 cm³/mol. The molecule has 0 amide bonds. The lowest BCUT2D eigenvalue weighted by Crippen LogP contribution is -2.38. The van der Waals surface area contributed by atoms with Crippen molar-refractivity contribution in [2.75, 3.05) is 0 Å². The lowest BCUT2D eigenvalue weighted by molar-refractivity contribution is -0.159. The van der Waals surface area contributed by atoms with Gasteiger partial charge in [0.05, 0.1) is 0 Å². The van der Waals surface area contributed by atoms with E-state index in [2.05, 4.69) is 20.8 Å². The molecular weight excluding hydrogens is 304 g/mol. The van der Waals surface area contributed by atoms with Crippen molar-refractivity contribution in [3.05, 3.63) is 0 Å². The standard InChI is InChI=1S/C20H32O4/c1-13(21)23-16-7-5-14(6-8-16)11-18(22)24-17-12-15-9-10-20(17,4)19(15,2)3/h14-17H,5-12H2,1-4H3. The Labute approximate surface area is 145 Å². The van der Waals surface area contributed by atoms with Crippen molar-refractivity contribution in [1.29, 1.82) is 0 Å². The van der Waals surface area contributed by atoms with Crippen LogP contribution in [0.25, 0.3) is 0 Å². The molecule has 3 aliphatic carbocycles. The number of carbonyl (C=O) groups excluding carboxylic acids is 2. The first kappa shape index (κ1) is 17.8. The number of ether oxygens (including phenoxy) is 2. The van der Waals surface area contributed by atoms with Gasteiger partial charge in [-0.1, -0.05) is 20.8 Å². The summed E-state index contributed by atoms with van der Waals surface area (Å²) in [5.41, 5.74) is 0.417. The van der Waals surface area contributed by atoms with Gasteiger partial charge in [-0.3, -0.25) is 9.59 Å². The van der Waals surface area contributed by atoms with Crippen LogP contribution in [0.3, 0.4) is 0 Å². The molecule has 0 aromatic heterocycles. The second kappa shape index (κ2) is 6.34. The van der Waals surface area contributed by atoms with E-state index in [0.29, 0.717) is 18.3 Å². The van der Waals surface area contributed by atoms with Gasteiger partial charge in [-0.25, -0.2) is 0 Å². The molecule has 3 saturated carbocycles. The summed E-state index contributed by atoms with van der Waals surface area (Å²) in [7, 11) is 0. The Bertz CT molecular complexity index is 504. The molecule has 3 aliphatic rings. The van der Waals surface area contributed by atoms with Crippen LogP contribution in [-0.2, 0) is 19.1 Å². The van der Waals surface area contributed by atoms with Gasteiger partial charge in [-0.15, -0.1) is 0 Å². The molecule has 2 bridgehead atoms. The number of hydrogen-bond donors (Lipinski definition) is 0. The molecule has 4 heteroatoms. The summed E-state index contributed by atoms with van der Waals surface area (Å²) in [5.74, 6) is 0.841. The van der Waals surface area contributed by atoms with Crippen molar-refractivity contribution in [3.8, 4) is 0 Å². The van der Waals surface area contributed by atoms with Crippen LogP contribution in [0.1, 0.15) is 79.1 Å². The van der Waals surface area contributed by atoms with E-state index in [9.17, 15) is 9.59 Å². The third kappa shape index (κ3) is 3.09. The van der Waals surface area contributed by atoms with Gasteiger partial charge in [0.1, 0.15) is 12.2 Å². The fourth-order valence-electron chi connectivity index (χ4n) is 5.44. The summed E-state index contributed by atoms with van der Waals surface area (Å²) < 4.78 is 11.2. The molecule has 4 nitrogen and oxygen atoms in total. The molecule has 0 heterocycles. The maximum atomic E-state index is 12.4. The van der Waals surface area contributed by atoms with Gasteiger partial charge in [-0.2, -0.15) is 0 Å². The number of fused-ring (bicyclic) bond motifs is 2. The lowest BCUT2D eigenvalue weighted by atomic mass is 9.70. The van der Waals surface area contributed by atoms with Crippen LogP contribution < -0.4 is 0 Å². The highest BCUT2D eigenvalue weighted by Gasteiger charge is 2.62. The minimum Gasteiger partial charge on any atom is -0.463 e. The maximum Gasteiger partial charge on any atom is 0.306 e. The molecule has 0 aromatic carbocycles. The Hall–Kier alpha value is -1.06.